The van der Waals surface area contributed by atoms with Crippen molar-refractivity contribution in [3.8, 4) is 0 Å². The summed E-state index contributed by atoms with van der Waals surface area (Å²) in [4.78, 5) is 6.98. The molecule has 0 amide bonds. The molecular weight excluding hydrogens is 148 g/mol. The maximum absolute atomic E-state index is 4.02. The zero-order valence-corrected chi connectivity index (χ0v) is 5.80. The quantitative estimate of drug-likeness (QED) is 0.577. The van der Waals surface area contributed by atoms with Gasteiger partial charge in [0.2, 0.25) is 0 Å². The van der Waals surface area contributed by atoms with Crippen molar-refractivity contribution >= 4 is 18.0 Å². The molecule has 0 aromatic carbocycles. The standard InChI is InChI=1S/C5H4N4S/c1-2-8-9-10-5-4(1)6-3-7-5/h1-3H,(H,6,7). The van der Waals surface area contributed by atoms with Crippen LogP contribution in [0.3, 0.4) is 0 Å². The first kappa shape index (κ1) is 5.67. The Bertz CT molecular complexity index is 288. The highest BCUT2D eigenvalue weighted by molar-refractivity contribution is 7.97. The Kier molecular flexibility index (Phi) is 1.28. The lowest BCUT2D eigenvalue weighted by Gasteiger charge is -1.84. The van der Waals surface area contributed by atoms with E-state index in [0.717, 1.165) is 10.7 Å². The molecule has 0 aliphatic carbocycles. The maximum Gasteiger partial charge on any atom is 0.146 e. The first-order chi connectivity index (χ1) is 4.97. The summed E-state index contributed by atoms with van der Waals surface area (Å²) in [6.07, 6.45) is 5.12. The highest BCUT2D eigenvalue weighted by Gasteiger charge is 2.03. The van der Waals surface area contributed by atoms with Crippen LogP contribution in [0.2, 0.25) is 0 Å². The fourth-order valence-electron chi connectivity index (χ4n) is 0.681. The molecule has 1 N–H and O–H groups in total. The van der Waals surface area contributed by atoms with Crippen molar-refractivity contribution < 1.29 is 0 Å². The molecule has 4 nitrogen and oxygen atoms in total. The number of rotatable bonds is 0. The zero-order chi connectivity index (χ0) is 6.81. The Hall–Kier alpha value is -1.10. The summed E-state index contributed by atoms with van der Waals surface area (Å²) in [5.41, 5.74) is 0.968. The summed E-state index contributed by atoms with van der Waals surface area (Å²) >= 11 is 1.27. The Morgan fingerprint density at radius 2 is 2.50 bits per heavy atom. The summed E-state index contributed by atoms with van der Waals surface area (Å²) in [6.45, 7) is 0. The van der Waals surface area contributed by atoms with Gasteiger partial charge in [-0.15, -0.1) is 4.52 Å². The van der Waals surface area contributed by atoms with E-state index in [1.54, 1.807) is 12.5 Å². The molecule has 2 rings (SSSR count). The molecule has 1 aromatic heterocycles. The topological polar surface area (TPSA) is 53.4 Å². The Morgan fingerprint density at radius 1 is 1.50 bits per heavy atom. The maximum atomic E-state index is 4.02. The predicted octanol–water partition coefficient (Wildman–Crippen LogP) is 1.85. The van der Waals surface area contributed by atoms with Crippen LogP contribution < -0.4 is 0 Å². The second-order valence-electron chi connectivity index (χ2n) is 1.73. The van der Waals surface area contributed by atoms with Crippen LogP contribution in [0.25, 0.3) is 6.08 Å². The van der Waals surface area contributed by atoms with Crippen molar-refractivity contribution in [1.82, 2.24) is 9.97 Å². The number of hydrogen-bond acceptors (Lipinski definition) is 4. The van der Waals surface area contributed by atoms with Crippen molar-refractivity contribution in [1.29, 1.82) is 0 Å². The molecule has 1 aromatic rings. The van der Waals surface area contributed by atoms with E-state index in [1.165, 1.54) is 11.9 Å². The van der Waals surface area contributed by atoms with E-state index >= 15 is 0 Å². The van der Waals surface area contributed by atoms with Crippen LogP contribution in [-0.4, -0.2) is 9.97 Å². The van der Waals surface area contributed by atoms with Crippen LogP contribution in [0, 0.1) is 0 Å². The van der Waals surface area contributed by atoms with Crippen molar-refractivity contribution in [2.45, 2.75) is 5.03 Å². The van der Waals surface area contributed by atoms with Crippen molar-refractivity contribution in [3.63, 3.8) is 0 Å². The number of hydrogen-bond donors (Lipinski definition) is 1. The van der Waals surface area contributed by atoms with Gasteiger partial charge >= 0.3 is 0 Å². The minimum atomic E-state index is 0.873. The third-order valence-corrected chi connectivity index (χ3v) is 1.79. The van der Waals surface area contributed by atoms with Gasteiger partial charge in [0.15, 0.2) is 0 Å². The van der Waals surface area contributed by atoms with Gasteiger partial charge in [-0.05, 0) is 6.08 Å². The number of H-pyrrole nitrogens is 1. The van der Waals surface area contributed by atoms with Gasteiger partial charge in [-0.2, -0.15) is 5.11 Å². The molecule has 0 bridgehead atoms. The minimum absolute atomic E-state index is 0.873. The Labute approximate surface area is 61.6 Å². The number of aromatic nitrogens is 2. The van der Waals surface area contributed by atoms with Crippen LogP contribution in [0.1, 0.15) is 5.69 Å². The summed E-state index contributed by atoms with van der Waals surface area (Å²) in [7, 11) is 0. The van der Waals surface area contributed by atoms with Crippen molar-refractivity contribution in [3.05, 3.63) is 18.2 Å². The Morgan fingerprint density at radius 3 is 3.50 bits per heavy atom. The van der Waals surface area contributed by atoms with Gasteiger partial charge in [0.1, 0.15) is 5.03 Å². The molecule has 0 fully saturated rings. The van der Waals surface area contributed by atoms with Crippen LogP contribution >= 0.6 is 11.9 Å². The van der Waals surface area contributed by atoms with Crippen molar-refractivity contribution in [2.75, 3.05) is 0 Å². The number of aromatic amines is 1. The highest BCUT2D eigenvalue weighted by Crippen LogP contribution is 2.23. The third-order valence-electron chi connectivity index (χ3n) is 1.11. The van der Waals surface area contributed by atoms with Gasteiger partial charge in [0.05, 0.1) is 30.2 Å². The lowest BCUT2D eigenvalue weighted by Crippen LogP contribution is -1.71. The number of nitrogens with one attached hydrogen (secondary N) is 1. The molecule has 0 radical (unpaired) electrons. The van der Waals surface area contributed by atoms with E-state index in [9.17, 15) is 0 Å². The molecule has 0 unspecified atom stereocenters. The monoisotopic (exact) mass is 152 g/mol. The summed E-state index contributed by atoms with van der Waals surface area (Å²) in [6, 6.07) is 0. The lowest BCUT2D eigenvalue weighted by atomic mass is 10.5. The fraction of sp³-hybridized carbons (Fsp3) is 0. The van der Waals surface area contributed by atoms with E-state index in [4.69, 9.17) is 0 Å². The zero-order valence-electron chi connectivity index (χ0n) is 4.98. The van der Waals surface area contributed by atoms with Gasteiger partial charge in [-0.1, -0.05) is 0 Å². The first-order valence-corrected chi connectivity index (χ1v) is 3.51. The van der Waals surface area contributed by atoms with Gasteiger partial charge in [-0.25, -0.2) is 4.98 Å². The molecule has 0 saturated carbocycles. The van der Waals surface area contributed by atoms with Crippen LogP contribution in [-0.2, 0) is 0 Å². The van der Waals surface area contributed by atoms with Crippen molar-refractivity contribution in [2.24, 2.45) is 9.63 Å². The molecule has 50 valence electrons. The van der Waals surface area contributed by atoms with E-state index in [0.29, 0.717) is 0 Å². The van der Waals surface area contributed by atoms with Crippen LogP contribution in [0.5, 0.6) is 0 Å². The average Bonchev–Trinajstić information content (AvgIpc) is 2.28. The average molecular weight is 152 g/mol. The summed E-state index contributed by atoms with van der Waals surface area (Å²) < 4.78 is 3.76. The SMILES string of the molecule is C1=Cc2[nH]cnc2SN=N1. The molecular formula is C5H4N4S. The summed E-state index contributed by atoms with van der Waals surface area (Å²) in [5, 5.41) is 4.58. The number of nitrogens with zero attached hydrogens (tertiary/aromatic N) is 3. The molecule has 5 heteroatoms. The lowest BCUT2D eigenvalue weighted by molar-refractivity contribution is 1.19. The smallest absolute Gasteiger partial charge is 0.146 e. The Balaban J connectivity index is 2.50. The van der Waals surface area contributed by atoms with E-state index in [2.05, 4.69) is 19.6 Å². The number of imidazole rings is 1. The van der Waals surface area contributed by atoms with E-state index in [-0.39, 0.29) is 0 Å². The first-order valence-electron chi connectivity index (χ1n) is 2.74. The summed E-state index contributed by atoms with van der Waals surface area (Å²) in [5.74, 6) is 0. The predicted molar refractivity (Wildman–Crippen MR) is 38.3 cm³/mol. The molecule has 0 atom stereocenters. The van der Waals surface area contributed by atoms with Gasteiger partial charge in [0.25, 0.3) is 0 Å². The molecule has 0 spiro atoms. The minimum Gasteiger partial charge on any atom is -0.344 e. The second-order valence-corrected chi connectivity index (χ2v) is 2.46. The largest absolute Gasteiger partial charge is 0.344 e. The van der Waals surface area contributed by atoms with Crippen LogP contribution in [0.4, 0.5) is 0 Å². The highest BCUT2D eigenvalue weighted by atomic mass is 32.2. The molecule has 2 heterocycles. The fourth-order valence-corrected chi connectivity index (χ4v) is 1.19. The molecule has 0 saturated heterocycles. The van der Waals surface area contributed by atoms with Gasteiger partial charge in [0, 0.05) is 0 Å². The molecule has 1 aliphatic heterocycles. The van der Waals surface area contributed by atoms with Crippen LogP contribution in [0.15, 0.2) is 27.2 Å². The molecule has 10 heavy (non-hydrogen) atoms. The second kappa shape index (κ2) is 2.26. The number of fused-ring (bicyclic) bond motifs is 1. The molecule has 1 aliphatic rings. The third kappa shape index (κ3) is 0.841. The van der Waals surface area contributed by atoms with E-state index < -0.39 is 0 Å². The normalized spacial score (nSPS) is 14.8. The van der Waals surface area contributed by atoms with E-state index in [1.807, 2.05) is 6.08 Å². The van der Waals surface area contributed by atoms with Gasteiger partial charge < -0.3 is 4.98 Å². The van der Waals surface area contributed by atoms with Gasteiger partial charge in [-0.3, -0.25) is 0 Å².